The summed E-state index contributed by atoms with van der Waals surface area (Å²) in [6, 6.07) is 10.5. The second kappa shape index (κ2) is 6.13. The highest BCUT2D eigenvalue weighted by atomic mass is 16.5. The molecule has 1 aromatic carbocycles. The first-order chi connectivity index (χ1) is 9.10. The summed E-state index contributed by atoms with van der Waals surface area (Å²) < 4.78 is 5.25. The zero-order valence-electron chi connectivity index (χ0n) is 11.9. The molecular formula is C16H22N2O. The molecule has 0 radical (unpaired) electrons. The summed E-state index contributed by atoms with van der Waals surface area (Å²) in [7, 11) is 1.74. The van der Waals surface area contributed by atoms with Gasteiger partial charge in [-0.05, 0) is 50.5 Å². The van der Waals surface area contributed by atoms with E-state index in [1.165, 1.54) is 5.56 Å². The van der Waals surface area contributed by atoms with Crippen LogP contribution in [0.3, 0.4) is 0 Å². The molecule has 2 atom stereocenters. The van der Waals surface area contributed by atoms with Gasteiger partial charge in [0.05, 0.1) is 11.6 Å². The minimum Gasteiger partial charge on any atom is -0.382 e. The highest BCUT2D eigenvalue weighted by molar-refractivity contribution is 5.79. The maximum absolute atomic E-state index is 6.24. The number of fused-ring (bicyclic) bond motifs is 1. The van der Waals surface area contributed by atoms with Crippen molar-refractivity contribution in [3.05, 3.63) is 41.6 Å². The van der Waals surface area contributed by atoms with E-state index in [1.807, 2.05) is 13.0 Å². The lowest BCUT2D eigenvalue weighted by molar-refractivity contribution is 0.107. The average Bonchev–Trinajstić information content (AvgIpc) is 2.43. The molecule has 0 aliphatic rings. The fraction of sp³-hybridized carbons (Fsp3) is 0.438. The van der Waals surface area contributed by atoms with Crippen molar-refractivity contribution in [3.8, 4) is 0 Å². The van der Waals surface area contributed by atoms with Crippen molar-refractivity contribution < 1.29 is 4.74 Å². The number of nitrogens with zero attached hydrogens (tertiary/aromatic N) is 1. The predicted octanol–water partition coefficient (Wildman–Crippen LogP) is 3.36. The molecule has 0 aliphatic carbocycles. The van der Waals surface area contributed by atoms with Crippen LogP contribution < -0.4 is 5.73 Å². The summed E-state index contributed by atoms with van der Waals surface area (Å²) in [5, 5.41) is 1.15. The topological polar surface area (TPSA) is 48.1 Å². The van der Waals surface area contributed by atoms with Crippen LogP contribution in [0.1, 0.15) is 37.1 Å². The van der Waals surface area contributed by atoms with Crippen molar-refractivity contribution in [2.75, 3.05) is 7.11 Å². The minimum absolute atomic E-state index is 0.0586. The van der Waals surface area contributed by atoms with E-state index in [0.29, 0.717) is 0 Å². The second-order valence-corrected chi connectivity index (χ2v) is 5.13. The van der Waals surface area contributed by atoms with E-state index < -0.39 is 0 Å². The highest BCUT2D eigenvalue weighted by Crippen LogP contribution is 2.22. The number of rotatable bonds is 5. The number of hydrogen-bond donors (Lipinski definition) is 1. The molecule has 1 aromatic heterocycles. The predicted molar refractivity (Wildman–Crippen MR) is 79.1 cm³/mol. The highest BCUT2D eigenvalue weighted by Gasteiger charge is 2.09. The first kappa shape index (κ1) is 14.0. The molecule has 19 heavy (non-hydrogen) atoms. The Morgan fingerprint density at radius 1 is 1.21 bits per heavy atom. The fourth-order valence-electron chi connectivity index (χ4n) is 2.18. The number of benzene rings is 1. The molecule has 2 rings (SSSR count). The number of nitrogens with two attached hydrogens (primary N) is 1. The van der Waals surface area contributed by atoms with Gasteiger partial charge in [-0.15, -0.1) is 0 Å². The largest absolute Gasteiger partial charge is 0.382 e. The molecule has 2 unspecified atom stereocenters. The molecule has 0 aliphatic heterocycles. The molecule has 0 amide bonds. The number of ether oxygens (including phenoxy) is 1. The molecule has 3 nitrogen and oxygen atoms in total. The van der Waals surface area contributed by atoms with E-state index in [-0.39, 0.29) is 12.1 Å². The first-order valence-electron chi connectivity index (χ1n) is 6.76. The Hall–Kier alpha value is -1.45. The van der Waals surface area contributed by atoms with Crippen LogP contribution in [0.2, 0.25) is 0 Å². The third-order valence-corrected chi connectivity index (χ3v) is 3.57. The molecule has 3 heteroatoms. The van der Waals surface area contributed by atoms with Crippen LogP contribution in [-0.2, 0) is 4.74 Å². The van der Waals surface area contributed by atoms with Gasteiger partial charge in [0, 0.05) is 24.2 Å². The van der Waals surface area contributed by atoms with Crippen molar-refractivity contribution in [1.29, 1.82) is 0 Å². The fourth-order valence-corrected chi connectivity index (χ4v) is 2.18. The van der Waals surface area contributed by atoms with Crippen molar-refractivity contribution in [3.63, 3.8) is 0 Å². The van der Waals surface area contributed by atoms with Gasteiger partial charge in [0.25, 0.3) is 0 Å². The summed E-state index contributed by atoms with van der Waals surface area (Å²) in [6.45, 7) is 4.07. The van der Waals surface area contributed by atoms with Crippen LogP contribution >= 0.6 is 0 Å². The van der Waals surface area contributed by atoms with Gasteiger partial charge in [0.15, 0.2) is 0 Å². The summed E-state index contributed by atoms with van der Waals surface area (Å²) in [4.78, 5) is 4.50. The van der Waals surface area contributed by atoms with Gasteiger partial charge in [-0.3, -0.25) is 4.98 Å². The summed E-state index contributed by atoms with van der Waals surface area (Å²) in [5.74, 6) is 0. The van der Waals surface area contributed by atoms with Crippen molar-refractivity contribution in [1.82, 2.24) is 4.98 Å². The average molecular weight is 258 g/mol. The van der Waals surface area contributed by atoms with E-state index >= 15 is 0 Å². The van der Waals surface area contributed by atoms with Crippen molar-refractivity contribution >= 4 is 10.9 Å². The first-order valence-corrected chi connectivity index (χ1v) is 6.76. The zero-order valence-corrected chi connectivity index (χ0v) is 11.9. The molecule has 2 aromatic rings. The normalized spacial score (nSPS) is 14.5. The Bertz CT molecular complexity index is 553. The van der Waals surface area contributed by atoms with Crippen LogP contribution in [-0.4, -0.2) is 18.2 Å². The molecule has 1 heterocycles. The number of pyridine rings is 1. The number of aromatic nitrogens is 1. The number of hydrogen-bond acceptors (Lipinski definition) is 3. The Kier molecular flexibility index (Phi) is 4.51. The van der Waals surface area contributed by atoms with Crippen LogP contribution in [0, 0.1) is 6.92 Å². The molecule has 2 N–H and O–H groups in total. The Labute approximate surface area is 114 Å². The maximum Gasteiger partial charge on any atom is 0.0705 e. The maximum atomic E-state index is 6.24. The zero-order chi connectivity index (χ0) is 13.8. The van der Waals surface area contributed by atoms with Gasteiger partial charge in [-0.1, -0.05) is 12.1 Å². The van der Waals surface area contributed by atoms with Gasteiger partial charge in [-0.2, -0.15) is 0 Å². The van der Waals surface area contributed by atoms with E-state index in [9.17, 15) is 0 Å². The monoisotopic (exact) mass is 258 g/mol. The third-order valence-electron chi connectivity index (χ3n) is 3.57. The summed E-state index contributed by atoms with van der Waals surface area (Å²) >= 11 is 0. The third kappa shape index (κ3) is 3.52. The van der Waals surface area contributed by atoms with E-state index in [1.54, 1.807) is 7.11 Å². The summed E-state index contributed by atoms with van der Waals surface area (Å²) in [5.41, 5.74) is 9.48. The lowest BCUT2D eigenvalue weighted by atomic mass is 9.99. The lowest BCUT2D eigenvalue weighted by Crippen LogP contribution is -2.14. The molecule has 0 bridgehead atoms. The Morgan fingerprint density at radius 3 is 2.74 bits per heavy atom. The lowest BCUT2D eigenvalue weighted by Gasteiger charge is -2.15. The quantitative estimate of drug-likeness (QED) is 0.894. The number of methoxy groups -OCH3 is 1. The SMILES string of the molecule is COC(C)CCC(N)c1ccc2nc(C)ccc2c1. The molecular weight excluding hydrogens is 236 g/mol. The Morgan fingerprint density at radius 2 is 2.00 bits per heavy atom. The van der Waals surface area contributed by atoms with Gasteiger partial charge in [0.1, 0.15) is 0 Å². The van der Waals surface area contributed by atoms with Gasteiger partial charge >= 0.3 is 0 Å². The molecule has 0 fully saturated rings. The molecule has 0 spiro atoms. The summed E-state index contributed by atoms with van der Waals surface area (Å²) in [6.07, 6.45) is 2.16. The Balaban J connectivity index is 2.14. The van der Waals surface area contributed by atoms with Crippen molar-refractivity contribution in [2.45, 2.75) is 38.8 Å². The van der Waals surface area contributed by atoms with Crippen LogP contribution in [0.5, 0.6) is 0 Å². The van der Waals surface area contributed by atoms with Gasteiger partial charge in [0.2, 0.25) is 0 Å². The van der Waals surface area contributed by atoms with Gasteiger partial charge < -0.3 is 10.5 Å². The molecule has 0 saturated heterocycles. The molecule has 102 valence electrons. The van der Waals surface area contributed by atoms with Crippen LogP contribution in [0.25, 0.3) is 10.9 Å². The standard InChI is InChI=1S/C16H22N2O/c1-11-4-6-14-10-13(7-9-16(14)18-11)15(17)8-5-12(2)19-3/h4,6-7,9-10,12,15H,5,8,17H2,1-3H3. The molecule has 0 saturated carbocycles. The second-order valence-electron chi connectivity index (χ2n) is 5.13. The van der Waals surface area contributed by atoms with Crippen LogP contribution in [0.4, 0.5) is 0 Å². The smallest absolute Gasteiger partial charge is 0.0705 e. The van der Waals surface area contributed by atoms with E-state index in [2.05, 4.69) is 36.2 Å². The van der Waals surface area contributed by atoms with E-state index in [4.69, 9.17) is 10.5 Å². The minimum atomic E-state index is 0.0586. The number of aryl methyl sites for hydroxylation is 1. The van der Waals surface area contributed by atoms with Crippen LogP contribution in [0.15, 0.2) is 30.3 Å². The van der Waals surface area contributed by atoms with E-state index in [0.717, 1.165) is 29.4 Å². The van der Waals surface area contributed by atoms with Gasteiger partial charge in [-0.25, -0.2) is 0 Å². The van der Waals surface area contributed by atoms with Crippen molar-refractivity contribution in [2.24, 2.45) is 5.73 Å².